The van der Waals surface area contributed by atoms with Crippen LogP contribution in [-0.4, -0.2) is 30.2 Å². The third kappa shape index (κ3) is 2.91. The second-order valence-corrected chi connectivity index (χ2v) is 7.19. The topological polar surface area (TPSA) is 102 Å². The zero-order valence-corrected chi connectivity index (χ0v) is 15.6. The number of hydrogen-bond donors (Lipinski definition) is 1. The van der Waals surface area contributed by atoms with Gasteiger partial charge in [0.05, 0.1) is 11.6 Å². The van der Waals surface area contributed by atoms with E-state index in [0.29, 0.717) is 27.6 Å². The van der Waals surface area contributed by atoms with Crippen LogP contribution >= 0.6 is 11.3 Å². The van der Waals surface area contributed by atoms with Crippen molar-refractivity contribution in [2.45, 2.75) is 13.5 Å². The Balaban J connectivity index is 1.46. The predicted octanol–water partition coefficient (Wildman–Crippen LogP) is 3.25. The zero-order valence-electron chi connectivity index (χ0n) is 14.8. The average Bonchev–Trinajstić information content (AvgIpc) is 3.42. The van der Waals surface area contributed by atoms with Crippen LogP contribution in [-0.2, 0) is 6.54 Å². The van der Waals surface area contributed by atoms with E-state index in [-0.39, 0.29) is 12.1 Å². The van der Waals surface area contributed by atoms with E-state index in [1.807, 2.05) is 42.6 Å². The molecule has 0 aliphatic heterocycles. The normalized spacial score (nSPS) is 11.3. The molecule has 0 aliphatic carbocycles. The molecule has 28 heavy (non-hydrogen) atoms. The van der Waals surface area contributed by atoms with Crippen molar-refractivity contribution in [1.82, 2.24) is 30.2 Å². The molecular weight excluding hydrogens is 376 g/mol. The SMILES string of the molecule is Cc1ccc(-c2nnn(Cc3nc4scc(-c5ccco5)c4c(=O)[nH]3)n2)cc1. The lowest BCUT2D eigenvalue weighted by Gasteiger charge is -2.00. The highest BCUT2D eigenvalue weighted by Gasteiger charge is 2.15. The Kier molecular flexibility index (Phi) is 3.87. The maximum Gasteiger partial charge on any atom is 0.260 e. The molecule has 0 fully saturated rings. The third-order valence-corrected chi connectivity index (χ3v) is 5.21. The molecule has 0 saturated heterocycles. The first-order valence-corrected chi connectivity index (χ1v) is 9.44. The maximum absolute atomic E-state index is 12.6. The van der Waals surface area contributed by atoms with E-state index in [9.17, 15) is 4.79 Å². The van der Waals surface area contributed by atoms with Crippen LogP contribution in [0.2, 0.25) is 0 Å². The predicted molar refractivity (Wildman–Crippen MR) is 105 cm³/mol. The van der Waals surface area contributed by atoms with Crippen LogP contribution in [0.15, 0.2) is 57.3 Å². The van der Waals surface area contributed by atoms with E-state index in [0.717, 1.165) is 16.7 Å². The van der Waals surface area contributed by atoms with Crippen molar-refractivity contribution in [3.63, 3.8) is 0 Å². The molecule has 1 N–H and O–H groups in total. The molecule has 5 rings (SSSR count). The molecule has 0 atom stereocenters. The largest absolute Gasteiger partial charge is 0.464 e. The van der Waals surface area contributed by atoms with Crippen LogP contribution in [0.25, 0.3) is 32.9 Å². The molecular formula is C19H14N6O2S. The Hall–Kier alpha value is -3.59. The summed E-state index contributed by atoms with van der Waals surface area (Å²) in [5, 5.41) is 14.9. The Morgan fingerprint density at radius 3 is 2.86 bits per heavy atom. The number of aromatic amines is 1. The summed E-state index contributed by atoms with van der Waals surface area (Å²) in [6.07, 6.45) is 1.58. The number of hydrogen-bond acceptors (Lipinski definition) is 7. The lowest BCUT2D eigenvalue weighted by molar-refractivity contribution is 0.555. The summed E-state index contributed by atoms with van der Waals surface area (Å²) in [5.41, 5.74) is 2.57. The van der Waals surface area contributed by atoms with Crippen molar-refractivity contribution in [3.05, 3.63) is 69.8 Å². The number of aryl methyl sites for hydroxylation is 1. The Bertz CT molecular complexity index is 1310. The highest BCUT2D eigenvalue weighted by molar-refractivity contribution is 7.17. The number of H-pyrrole nitrogens is 1. The van der Waals surface area contributed by atoms with Crippen LogP contribution in [0.1, 0.15) is 11.4 Å². The number of thiophene rings is 1. The maximum atomic E-state index is 12.6. The molecule has 5 aromatic rings. The standard InChI is InChI=1S/C19H14N6O2S/c1-11-4-6-12(7-5-11)17-22-24-25(23-17)9-15-20-18(26)16-13(10-28-19(16)21-15)14-3-2-8-27-14/h2-8,10H,9H2,1H3,(H,20,21,26). The summed E-state index contributed by atoms with van der Waals surface area (Å²) in [4.78, 5) is 22.1. The first kappa shape index (κ1) is 16.6. The molecule has 4 aromatic heterocycles. The van der Waals surface area contributed by atoms with Crippen molar-refractivity contribution >= 4 is 21.6 Å². The van der Waals surface area contributed by atoms with Gasteiger partial charge in [-0.25, -0.2) is 4.98 Å². The first-order chi connectivity index (χ1) is 13.7. The number of aromatic nitrogens is 6. The summed E-state index contributed by atoms with van der Waals surface area (Å²) in [5.74, 6) is 1.64. The van der Waals surface area contributed by atoms with Crippen LogP contribution < -0.4 is 5.56 Å². The van der Waals surface area contributed by atoms with Crippen molar-refractivity contribution < 1.29 is 4.42 Å². The second-order valence-electron chi connectivity index (χ2n) is 6.33. The van der Waals surface area contributed by atoms with E-state index in [1.54, 1.807) is 12.3 Å². The van der Waals surface area contributed by atoms with Crippen LogP contribution in [0.5, 0.6) is 0 Å². The molecule has 9 heteroatoms. The molecule has 0 radical (unpaired) electrons. The van der Waals surface area contributed by atoms with Gasteiger partial charge in [0.2, 0.25) is 5.82 Å². The third-order valence-electron chi connectivity index (χ3n) is 4.33. The van der Waals surface area contributed by atoms with Gasteiger partial charge in [0.15, 0.2) is 0 Å². The fourth-order valence-electron chi connectivity index (χ4n) is 2.94. The number of rotatable bonds is 4. The lowest BCUT2D eigenvalue weighted by Crippen LogP contribution is -2.15. The zero-order chi connectivity index (χ0) is 19.1. The van der Waals surface area contributed by atoms with Crippen molar-refractivity contribution in [3.8, 4) is 22.7 Å². The van der Waals surface area contributed by atoms with Gasteiger partial charge in [-0.05, 0) is 24.3 Å². The molecule has 0 bridgehead atoms. The van der Waals surface area contributed by atoms with Gasteiger partial charge in [-0.3, -0.25) is 4.79 Å². The fourth-order valence-corrected chi connectivity index (χ4v) is 3.89. The fraction of sp³-hybridized carbons (Fsp3) is 0.105. The Labute approximate surface area is 162 Å². The minimum Gasteiger partial charge on any atom is -0.464 e. The van der Waals surface area contributed by atoms with Crippen LogP contribution in [0, 0.1) is 6.92 Å². The van der Waals surface area contributed by atoms with E-state index in [4.69, 9.17) is 4.42 Å². The van der Waals surface area contributed by atoms with Gasteiger partial charge in [0.25, 0.3) is 5.56 Å². The highest BCUT2D eigenvalue weighted by atomic mass is 32.1. The number of furan rings is 1. The second kappa shape index (κ2) is 6.54. The molecule has 0 amide bonds. The molecule has 138 valence electrons. The minimum absolute atomic E-state index is 0.216. The number of tetrazole rings is 1. The molecule has 0 aliphatic rings. The number of nitrogens with one attached hydrogen (secondary N) is 1. The molecule has 0 unspecified atom stereocenters. The number of fused-ring (bicyclic) bond motifs is 1. The number of nitrogens with zero attached hydrogens (tertiary/aromatic N) is 5. The summed E-state index contributed by atoms with van der Waals surface area (Å²) < 4.78 is 5.41. The lowest BCUT2D eigenvalue weighted by atomic mass is 10.1. The molecule has 1 aromatic carbocycles. The highest BCUT2D eigenvalue weighted by Crippen LogP contribution is 2.30. The molecule has 8 nitrogen and oxygen atoms in total. The average molecular weight is 390 g/mol. The van der Waals surface area contributed by atoms with Crippen LogP contribution in [0.4, 0.5) is 0 Å². The van der Waals surface area contributed by atoms with Crippen molar-refractivity contribution in [2.24, 2.45) is 0 Å². The van der Waals surface area contributed by atoms with Crippen molar-refractivity contribution in [2.75, 3.05) is 0 Å². The molecule has 4 heterocycles. The van der Waals surface area contributed by atoms with Gasteiger partial charge in [-0.1, -0.05) is 29.8 Å². The number of benzene rings is 1. The van der Waals surface area contributed by atoms with Gasteiger partial charge in [0.1, 0.15) is 23.0 Å². The minimum atomic E-state index is -0.216. The van der Waals surface area contributed by atoms with E-state index in [2.05, 4.69) is 25.4 Å². The van der Waals surface area contributed by atoms with E-state index >= 15 is 0 Å². The van der Waals surface area contributed by atoms with Crippen molar-refractivity contribution in [1.29, 1.82) is 0 Å². The summed E-state index contributed by atoms with van der Waals surface area (Å²) in [6.45, 7) is 2.24. The van der Waals surface area contributed by atoms with Crippen LogP contribution in [0.3, 0.4) is 0 Å². The summed E-state index contributed by atoms with van der Waals surface area (Å²) >= 11 is 1.40. The summed E-state index contributed by atoms with van der Waals surface area (Å²) in [7, 11) is 0. The van der Waals surface area contributed by atoms with E-state index in [1.165, 1.54) is 16.1 Å². The molecule has 0 saturated carbocycles. The Morgan fingerprint density at radius 2 is 2.07 bits per heavy atom. The smallest absolute Gasteiger partial charge is 0.260 e. The first-order valence-electron chi connectivity index (χ1n) is 8.56. The van der Waals surface area contributed by atoms with E-state index < -0.39 is 0 Å². The Morgan fingerprint density at radius 1 is 1.21 bits per heavy atom. The van der Waals surface area contributed by atoms with Gasteiger partial charge in [-0.2, -0.15) is 4.80 Å². The van der Waals surface area contributed by atoms with Gasteiger partial charge in [-0.15, -0.1) is 21.5 Å². The van der Waals surface area contributed by atoms with Gasteiger partial charge < -0.3 is 9.40 Å². The molecule has 0 spiro atoms. The quantitative estimate of drug-likeness (QED) is 0.505. The van der Waals surface area contributed by atoms with Gasteiger partial charge >= 0.3 is 0 Å². The van der Waals surface area contributed by atoms with Gasteiger partial charge in [0, 0.05) is 16.5 Å². The monoisotopic (exact) mass is 390 g/mol. The summed E-state index contributed by atoms with van der Waals surface area (Å²) in [6, 6.07) is 11.5.